The van der Waals surface area contributed by atoms with Crippen LogP contribution in [0.1, 0.15) is 24.5 Å². The highest BCUT2D eigenvalue weighted by Crippen LogP contribution is 2.19. The third-order valence-electron chi connectivity index (χ3n) is 3.77. The first kappa shape index (κ1) is 20.4. The normalized spacial score (nSPS) is 11.6. The van der Waals surface area contributed by atoms with Crippen molar-refractivity contribution in [1.82, 2.24) is 0 Å². The molecule has 0 aromatic heterocycles. The van der Waals surface area contributed by atoms with Crippen LogP contribution < -0.4 is 10.1 Å². The molecule has 0 fully saturated rings. The maximum absolute atomic E-state index is 13.5. The van der Waals surface area contributed by atoms with Gasteiger partial charge in [0.1, 0.15) is 17.4 Å². The molecule has 0 heterocycles. The Morgan fingerprint density at radius 1 is 1.11 bits per heavy atom. The SMILES string of the molecule is Cc1ccc(C)c(OCCC(=O)OC(C)C(=O)Nc2ccc(F)cc2F)c1. The summed E-state index contributed by atoms with van der Waals surface area (Å²) < 4.78 is 37.0. The van der Waals surface area contributed by atoms with Gasteiger partial charge in [0.2, 0.25) is 0 Å². The largest absolute Gasteiger partial charge is 0.493 e. The maximum Gasteiger partial charge on any atom is 0.310 e. The summed E-state index contributed by atoms with van der Waals surface area (Å²) in [6, 6.07) is 8.50. The number of carbonyl (C=O) groups is 2. The van der Waals surface area contributed by atoms with Gasteiger partial charge in [-0.15, -0.1) is 0 Å². The van der Waals surface area contributed by atoms with Crippen LogP contribution in [0.25, 0.3) is 0 Å². The van der Waals surface area contributed by atoms with Crippen molar-refractivity contribution in [3.8, 4) is 5.75 Å². The van der Waals surface area contributed by atoms with Crippen molar-refractivity contribution >= 4 is 17.6 Å². The molecule has 0 aliphatic carbocycles. The van der Waals surface area contributed by atoms with Gasteiger partial charge in [-0.2, -0.15) is 0 Å². The monoisotopic (exact) mass is 377 g/mol. The van der Waals surface area contributed by atoms with Crippen molar-refractivity contribution in [2.75, 3.05) is 11.9 Å². The number of benzene rings is 2. The van der Waals surface area contributed by atoms with Gasteiger partial charge in [-0.25, -0.2) is 8.78 Å². The number of rotatable bonds is 7. The molecule has 0 aliphatic rings. The molecular weight excluding hydrogens is 356 g/mol. The predicted molar refractivity (Wildman–Crippen MR) is 96.6 cm³/mol. The van der Waals surface area contributed by atoms with Gasteiger partial charge in [0.25, 0.3) is 5.91 Å². The van der Waals surface area contributed by atoms with Crippen molar-refractivity contribution < 1.29 is 27.8 Å². The molecule has 0 radical (unpaired) electrons. The van der Waals surface area contributed by atoms with Crippen molar-refractivity contribution in [2.24, 2.45) is 0 Å². The Morgan fingerprint density at radius 3 is 2.56 bits per heavy atom. The summed E-state index contributed by atoms with van der Waals surface area (Å²) in [7, 11) is 0. The third-order valence-corrected chi connectivity index (χ3v) is 3.77. The zero-order valence-corrected chi connectivity index (χ0v) is 15.3. The lowest BCUT2D eigenvalue weighted by atomic mass is 10.1. The van der Waals surface area contributed by atoms with E-state index in [0.29, 0.717) is 11.8 Å². The number of amides is 1. The van der Waals surface area contributed by atoms with Gasteiger partial charge in [0.05, 0.1) is 18.7 Å². The molecule has 1 amide bonds. The Kier molecular flexibility index (Phi) is 6.87. The van der Waals surface area contributed by atoms with Crippen molar-refractivity contribution in [3.63, 3.8) is 0 Å². The summed E-state index contributed by atoms with van der Waals surface area (Å²) in [6.45, 7) is 5.29. The molecule has 0 saturated heterocycles. The lowest BCUT2D eigenvalue weighted by Gasteiger charge is -2.14. The van der Waals surface area contributed by atoms with Gasteiger partial charge in [-0.3, -0.25) is 9.59 Å². The van der Waals surface area contributed by atoms with Crippen LogP contribution in [0.2, 0.25) is 0 Å². The summed E-state index contributed by atoms with van der Waals surface area (Å²) in [5.41, 5.74) is 1.79. The zero-order valence-electron chi connectivity index (χ0n) is 15.3. The van der Waals surface area contributed by atoms with Crippen LogP contribution in [0.3, 0.4) is 0 Å². The van der Waals surface area contributed by atoms with Crippen LogP contribution in [-0.2, 0) is 14.3 Å². The van der Waals surface area contributed by atoms with E-state index in [4.69, 9.17) is 9.47 Å². The molecule has 2 aromatic carbocycles. The summed E-state index contributed by atoms with van der Waals surface area (Å²) >= 11 is 0. The van der Waals surface area contributed by atoms with Gasteiger partial charge >= 0.3 is 5.97 Å². The number of esters is 1. The number of hydrogen-bond donors (Lipinski definition) is 1. The fourth-order valence-electron chi connectivity index (χ4n) is 2.24. The van der Waals surface area contributed by atoms with E-state index in [9.17, 15) is 18.4 Å². The second-order valence-electron chi connectivity index (χ2n) is 6.11. The molecule has 2 aromatic rings. The molecule has 0 saturated carbocycles. The predicted octanol–water partition coefficient (Wildman–Crippen LogP) is 3.92. The third kappa shape index (κ3) is 6.06. The standard InChI is InChI=1S/C20H21F2NO4/c1-12-4-5-13(2)18(10-12)26-9-8-19(24)27-14(3)20(25)23-17-7-6-15(21)11-16(17)22/h4-7,10-11,14H,8-9H2,1-3H3,(H,23,25). The first-order valence-corrected chi connectivity index (χ1v) is 8.41. The van der Waals surface area contributed by atoms with Crippen LogP contribution in [-0.4, -0.2) is 24.6 Å². The molecule has 144 valence electrons. The molecule has 27 heavy (non-hydrogen) atoms. The molecule has 7 heteroatoms. The average Bonchev–Trinajstić information content (AvgIpc) is 2.60. The van der Waals surface area contributed by atoms with Gasteiger partial charge in [-0.05, 0) is 50.1 Å². The number of aryl methyl sites for hydroxylation is 2. The minimum absolute atomic E-state index is 0.0457. The van der Waals surface area contributed by atoms with Crippen LogP contribution in [0.5, 0.6) is 5.75 Å². The fraction of sp³-hybridized carbons (Fsp3) is 0.300. The number of ether oxygens (including phenoxy) is 2. The molecule has 0 aliphatic heterocycles. The smallest absolute Gasteiger partial charge is 0.310 e. The summed E-state index contributed by atoms with van der Waals surface area (Å²) in [5, 5.41) is 2.25. The lowest BCUT2D eigenvalue weighted by molar-refractivity contribution is -0.153. The minimum Gasteiger partial charge on any atom is -0.493 e. The van der Waals surface area contributed by atoms with Crippen LogP contribution in [0.4, 0.5) is 14.5 Å². The van der Waals surface area contributed by atoms with E-state index in [0.717, 1.165) is 23.3 Å². The number of halogens is 2. The van der Waals surface area contributed by atoms with Crippen molar-refractivity contribution in [3.05, 3.63) is 59.2 Å². The highest BCUT2D eigenvalue weighted by atomic mass is 19.1. The van der Waals surface area contributed by atoms with E-state index >= 15 is 0 Å². The first-order chi connectivity index (χ1) is 12.8. The number of anilines is 1. The molecule has 1 N–H and O–H groups in total. The van der Waals surface area contributed by atoms with Crippen LogP contribution in [0, 0.1) is 25.5 Å². The van der Waals surface area contributed by atoms with E-state index in [1.54, 1.807) is 0 Å². The molecule has 2 rings (SSSR count). The zero-order chi connectivity index (χ0) is 20.0. The second-order valence-corrected chi connectivity index (χ2v) is 6.11. The number of hydrogen-bond acceptors (Lipinski definition) is 4. The molecular formula is C20H21F2NO4. The van der Waals surface area contributed by atoms with E-state index in [1.807, 2.05) is 32.0 Å². The van der Waals surface area contributed by atoms with E-state index in [-0.39, 0.29) is 18.7 Å². The van der Waals surface area contributed by atoms with Crippen LogP contribution in [0.15, 0.2) is 36.4 Å². The van der Waals surface area contributed by atoms with E-state index < -0.39 is 29.6 Å². The molecule has 0 bridgehead atoms. The Hall–Kier alpha value is -2.96. The van der Waals surface area contributed by atoms with Gasteiger partial charge in [0.15, 0.2) is 6.10 Å². The Balaban J connectivity index is 1.80. The Bertz CT molecular complexity index is 839. The van der Waals surface area contributed by atoms with E-state index in [1.165, 1.54) is 6.92 Å². The molecule has 1 atom stereocenters. The summed E-state index contributed by atoms with van der Waals surface area (Å²) in [4.78, 5) is 23.8. The van der Waals surface area contributed by atoms with Crippen molar-refractivity contribution in [1.29, 1.82) is 0 Å². The number of nitrogens with one attached hydrogen (secondary N) is 1. The molecule has 5 nitrogen and oxygen atoms in total. The van der Waals surface area contributed by atoms with Crippen molar-refractivity contribution in [2.45, 2.75) is 33.3 Å². The quantitative estimate of drug-likeness (QED) is 0.743. The van der Waals surface area contributed by atoms with E-state index in [2.05, 4.69) is 5.32 Å². The average molecular weight is 377 g/mol. The maximum atomic E-state index is 13.5. The highest BCUT2D eigenvalue weighted by molar-refractivity contribution is 5.95. The summed E-state index contributed by atoms with van der Waals surface area (Å²) in [6.07, 6.45) is -1.18. The minimum atomic E-state index is -1.14. The van der Waals surface area contributed by atoms with Gasteiger partial charge < -0.3 is 14.8 Å². The summed E-state index contributed by atoms with van der Waals surface area (Å²) in [5.74, 6) is -2.33. The fourth-order valence-corrected chi connectivity index (χ4v) is 2.24. The van der Waals surface area contributed by atoms with Crippen LogP contribution >= 0.6 is 0 Å². The lowest BCUT2D eigenvalue weighted by Crippen LogP contribution is -2.30. The molecule has 0 spiro atoms. The topological polar surface area (TPSA) is 64.6 Å². The number of carbonyl (C=O) groups excluding carboxylic acids is 2. The van der Waals surface area contributed by atoms with Gasteiger partial charge in [-0.1, -0.05) is 12.1 Å². The molecule has 1 unspecified atom stereocenters. The second kappa shape index (κ2) is 9.12. The Labute approximate surface area is 156 Å². The van der Waals surface area contributed by atoms with Gasteiger partial charge in [0, 0.05) is 6.07 Å². The highest BCUT2D eigenvalue weighted by Gasteiger charge is 2.19. The Morgan fingerprint density at radius 2 is 1.85 bits per heavy atom. The first-order valence-electron chi connectivity index (χ1n) is 8.41.